The van der Waals surface area contributed by atoms with E-state index in [1.807, 2.05) is 13.8 Å². The van der Waals surface area contributed by atoms with Gasteiger partial charge in [0.15, 0.2) is 5.96 Å². The number of ether oxygens (including phenoxy) is 1. The summed E-state index contributed by atoms with van der Waals surface area (Å²) < 4.78 is 5.41. The fraction of sp³-hybridized carbons (Fsp3) is 0.875. The molecule has 3 N–H and O–H groups in total. The molecule has 134 valence electrons. The molecule has 0 aliphatic carbocycles. The van der Waals surface area contributed by atoms with Crippen molar-refractivity contribution in [1.82, 2.24) is 20.9 Å². The van der Waals surface area contributed by atoms with Crippen LogP contribution in [0.3, 0.4) is 0 Å². The molecule has 0 spiro atoms. The molecule has 1 aliphatic rings. The molecular weight excluding hydrogens is 294 g/mol. The first-order chi connectivity index (χ1) is 11.0. The highest BCUT2D eigenvalue weighted by molar-refractivity contribution is 5.84. The van der Waals surface area contributed by atoms with Crippen LogP contribution in [-0.4, -0.2) is 74.8 Å². The zero-order valence-electron chi connectivity index (χ0n) is 15.1. The number of hydrogen-bond acceptors (Lipinski definition) is 4. The molecule has 0 aromatic rings. The van der Waals surface area contributed by atoms with Gasteiger partial charge in [0.05, 0.1) is 13.2 Å². The number of nitrogens with one attached hydrogen (secondary N) is 3. The highest BCUT2D eigenvalue weighted by atomic mass is 16.5. The van der Waals surface area contributed by atoms with Crippen LogP contribution in [-0.2, 0) is 9.53 Å². The van der Waals surface area contributed by atoms with E-state index < -0.39 is 0 Å². The lowest BCUT2D eigenvalue weighted by Crippen LogP contribution is -2.56. The largest absolute Gasteiger partial charge is 0.379 e. The van der Waals surface area contributed by atoms with Crippen molar-refractivity contribution in [3.8, 4) is 0 Å². The molecule has 1 saturated heterocycles. The second kappa shape index (κ2) is 10.4. The Labute approximate surface area is 140 Å². The van der Waals surface area contributed by atoms with Gasteiger partial charge < -0.3 is 20.7 Å². The van der Waals surface area contributed by atoms with Gasteiger partial charge in [0.2, 0.25) is 5.91 Å². The summed E-state index contributed by atoms with van der Waals surface area (Å²) >= 11 is 0. The number of carbonyl (C=O) groups is 1. The lowest BCUT2D eigenvalue weighted by molar-refractivity contribution is -0.119. The fourth-order valence-corrected chi connectivity index (χ4v) is 2.39. The van der Waals surface area contributed by atoms with Crippen molar-refractivity contribution in [2.75, 3.05) is 52.5 Å². The van der Waals surface area contributed by atoms with Gasteiger partial charge in [0, 0.05) is 38.3 Å². The van der Waals surface area contributed by atoms with Gasteiger partial charge in [-0.25, -0.2) is 4.99 Å². The SMILES string of the molecule is CCCNC(=O)CN=C(NCC)NCC(C)(C)N1CCOCC1. The third kappa shape index (κ3) is 7.65. The van der Waals surface area contributed by atoms with Crippen LogP contribution in [0.15, 0.2) is 4.99 Å². The van der Waals surface area contributed by atoms with Crippen LogP contribution in [0.25, 0.3) is 0 Å². The maximum absolute atomic E-state index is 11.7. The Morgan fingerprint density at radius 1 is 1.17 bits per heavy atom. The number of guanidine groups is 1. The molecule has 0 bridgehead atoms. The molecule has 23 heavy (non-hydrogen) atoms. The molecule has 0 radical (unpaired) electrons. The number of amides is 1. The lowest BCUT2D eigenvalue weighted by Gasteiger charge is -2.41. The summed E-state index contributed by atoms with van der Waals surface area (Å²) in [5.41, 5.74) is 0.00441. The number of aliphatic imine (C=N–C) groups is 1. The van der Waals surface area contributed by atoms with E-state index in [-0.39, 0.29) is 18.0 Å². The molecule has 0 aromatic heterocycles. The van der Waals surface area contributed by atoms with Crippen molar-refractivity contribution in [2.45, 2.75) is 39.7 Å². The normalized spacial score (nSPS) is 17.0. The van der Waals surface area contributed by atoms with Crippen molar-refractivity contribution in [3.63, 3.8) is 0 Å². The molecule has 1 aliphatic heterocycles. The minimum atomic E-state index is -0.0449. The molecule has 7 nitrogen and oxygen atoms in total. The maximum atomic E-state index is 11.7. The molecule has 0 saturated carbocycles. The summed E-state index contributed by atoms with van der Waals surface area (Å²) in [6, 6.07) is 0. The van der Waals surface area contributed by atoms with E-state index in [4.69, 9.17) is 4.74 Å². The number of rotatable bonds is 8. The summed E-state index contributed by atoms with van der Waals surface area (Å²) in [6.45, 7) is 14.3. The fourth-order valence-electron chi connectivity index (χ4n) is 2.39. The van der Waals surface area contributed by atoms with Gasteiger partial charge in [0.25, 0.3) is 0 Å². The van der Waals surface area contributed by atoms with E-state index in [9.17, 15) is 4.79 Å². The van der Waals surface area contributed by atoms with Crippen LogP contribution in [0.5, 0.6) is 0 Å². The van der Waals surface area contributed by atoms with Crippen molar-refractivity contribution in [2.24, 2.45) is 4.99 Å². The summed E-state index contributed by atoms with van der Waals surface area (Å²) in [5, 5.41) is 9.36. The first kappa shape index (κ1) is 19.7. The summed E-state index contributed by atoms with van der Waals surface area (Å²) in [7, 11) is 0. The molecule has 1 amide bonds. The quantitative estimate of drug-likeness (QED) is 0.438. The molecule has 0 unspecified atom stereocenters. The van der Waals surface area contributed by atoms with Crippen LogP contribution >= 0.6 is 0 Å². The average Bonchev–Trinajstić information content (AvgIpc) is 2.56. The Bertz CT molecular complexity index is 379. The Morgan fingerprint density at radius 3 is 2.48 bits per heavy atom. The smallest absolute Gasteiger partial charge is 0.241 e. The molecule has 0 atom stereocenters. The van der Waals surface area contributed by atoms with Crippen LogP contribution in [0.4, 0.5) is 0 Å². The second-order valence-electron chi connectivity index (χ2n) is 6.31. The molecule has 0 aromatic carbocycles. The molecular formula is C16H33N5O2. The van der Waals surface area contributed by atoms with Gasteiger partial charge in [-0.15, -0.1) is 0 Å². The minimum absolute atomic E-state index is 0.00441. The van der Waals surface area contributed by atoms with E-state index in [2.05, 4.69) is 39.7 Å². The Balaban J connectivity index is 2.48. The number of morpholine rings is 1. The number of carbonyl (C=O) groups excluding carboxylic acids is 1. The van der Waals surface area contributed by atoms with Crippen molar-refractivity contribution < 1.29 is 9.53 Å². The monoisotopic (exact) mass is 327 g/mol. The standard InChI is InChI=1S/C16H33N5O2/c1-5-7-18-14(22)12-19-15(17-6-2)20-13-16(3,4)21-8-10-23-11-9-21/h5-13H2,1-4H3,(H,18,22)(H2,17,19,20). The number of nitrogens with zero attached hydrogens (tertiary/aromatic N) is 2. The third-order valence-corrected chi connectivity index (χ3v) is 3.85. The summed E-state index contributed by atoms with van der Waals surface area (Å²) in [6.07, 6.45) is 0.932. The zero-order valence-corrected chi connectivity index (χ0v) is 15.1. The third-order valence-electron chi connectivity index (χ3n) is 3.85. The lowest BCUT2D eigenvalue weighted by atomic mass is 10.0. The van der Waals surface area contributed by atoms with E-state index in [0.717, 1.165) is 45.8 Å². The summed E-state index contributed by atoms with van der Waals surface area (Å²) in [4.78, 5) is 18.4. The van der Waals surface area contributed by atoms with E-state index in [1.54, 1.807) is 0 Å². The van der Waals surface area contributed by atoms with E-state index >= 15 is 0 Å². The van der Waals surface area contributed by atoms with Crippen LogP contribution < -0.4 is 16.0 Å². The van der Waals surface area contributed by atoms with Crippen LogP contribution in [0.1, 0.15) is 34.1 Å². The van der Waals surface area contributed by atoms with E-state index in [0.29, 0.717) is 12.5 Å². The first-order valence-electron chi connectivity index (χ1n) is 8.61. The van der Waals surface area contributed by atoms with Crippen molar-refractivity contribution in [3.05, 3.63) is 0 Å². The van der Waals surface area contributed by atoms with Crippen LogP contribution in [0.2, 0.25) is 0 Å². The average molecular weight is 327 g/mol. The number of hydrogen-bond donors (Lipinski definition) is 3. The zero-order chi connectivity index (χ0) is 17.1. The van der Waals surface area contributed by atoms with Gasteiger partial charge >= 0.3 is 0 Å². The molecule has 1 heterocycles. The predicted molar refractivity (Wildman–Crippen MR) is 93.8 cm³/mol. The first-order valence-corrected chi connectivity index (χ1v) is 8.61. The highest BCUT2D eigenvalue weighted by Crippen LogP contribution is 2.14. The van der Waals surface area contributed by atoms with Gasteiger partial charge in [-0.1, -0.05) is 6.92 Å². The topological polar surface area (TPSA) is 78.0 Å². The Morgan fingerprint density at radius 2 is 1.87 bits per heavy atom. The van der Waals surface area contributed by atoms with Crippen molar-refractivity contribution >= 4 is 11.9 Å². The molecule has 1 rings (SSSR count). The Kier molecular flexibility index (Phi) is 8.94. The highest BCUT2D eigenvalue weighted by Gasteiger charge is 2.28. The predicted octanol–water partition coefficient (Wildman–Crippen LogP) is 0.179. The van der Waals surface area contributed by atoms with Gasteiger partial charge in [-0.2, -0.15) is 0 Å². The van der Waals surface area contributed by atoms with Gasteiger partial charge in [-0.3, -0.25) is 9.69 Å². The minimum Gasteiger partial charge on any atom is -0.379 e. The van der Waals surface area contributed by atoms with Gasteiger partial charge in [0.1, 0.15) is 6.54 Å². The van der Waals surface area contributed by atoms with Crippen molar-refractivity contribution in [1.29, 1.82) is 0 Å². The van der Waals surface area contributed by atoms with Crippen LogP contribution in [0, 0.1) is 0 Å². The maximum Gasteiger partial charge on any atom is 0.241 e. The summed E-state index contributed by atoms with van der Waals surface area (Å²) in [5.74, 6) is 0.636. The Hall–Kier alpha value is -1.34. The van der Waals surface area contributed by atoms with E-state index in [1.165, 1.54) is 0 Å². The van der Waals surface area contributed by atoms with Gasteiger partial charge in [-0.05, 0) is 27.2 Å². The second-order valence-corrected chi connectivity index (χ2v) is 6.31. The molecule has 1 fully saturated rings. The molecule has 7 heteroatoms.